The van der Waals surface area contributed by atoms with Crippen molar-refractivity contribution >= 4 is 16.6 Å². The lowest BCUT2D eigenvalue weighted by molar-refractivity contribution is -0.0826. The molecule has 4 heteroatoms. The fraction of sp³-hybridized carbons (Fsp3) is 0.550. The van der Waals surface area contributed by atoms with Crippen LogP contribution in [0.5, 0.6) is 0 Å². The van der Waals surface area contributed by atoms with Gasteiger partial charge < -0.3 is 9.64 Å². The largest absolute Gasteiger partial charge is 0.373 e. The van der Waals surface area contributed by atoms with Crippen molar-refractivity contribution in [3.8, 4) is 0 Å². The smallest absolute Gasteiger partial charge is 0.136 e. The Morgan fingerprint density at radius 3 is 2.46 bits per heavy atom. The van der Waals surface area contributed by atoms with E-state index in [1.807, 2.05) is 6.20 Å². The van der Waals surface area contributed by atoms with E-state index in [1.54, 1.807) is 0 Å². The monoisotopic (exact) mass is 325 g/mol. The van der Waals surface area contributed by atoms with Gasteiger partial charge in [0.1, 0.15) is 5.82 Å². The summed E-state index contributed by atoms with van der Waals surface area (Å²) in [6.07, 6.45) is 5.07. The molecule has 2 aliphatic rings. The van der Waals surface area contributed by atoms with Gasteiger partial charge in [-0.25, -0.2) is 4.98 Å². The van der Waals surface area contributed by atoms with Crippen LogP contribution in [-0.2, 0) is 4.74 Å². The highest BCUT2D eigenvalue weighted by Crippen LogP contribution is 2.28. The number of fused-ring (bicyclic) bond motifs is 1. The van der Waals surface area contributed by atoms with Crippen LogP contribution < -0.4 is 4.90 Å². The highest BCUT2D eigenvalue weighted by Gasteiger charge is 2.30. The second-order valence-corrected chi connectivity index (χ2v) is 7.29. The van der Waals surface area contributed by atoms with Crippen molar-refractivity contribution in [2.75, 3.05) is 31.1 Å². The van der Waals surface area contributed by atoms with Gasteiger partial charge >= 0.3 is 0 Å². The summed E-state index contributed by atoms with van der Waals surface area (Å²) in [4.78, 5) is 9.79. The lowest BCUT2D eigenvalue weighted by atomic mass is 10.0. The van der Waals surface area contributed by atoms with Crippen molar-refractivity contribution in [1.29, 1.82) is 0 Å². The summed E-state index contributed by atoms with van der Waals surface area (Å²) in [5.41, 5.74) is 0. The number of anilines is 1. The molecule has 2 atom stereocenters. The molecule has 0 aliphatic carbocycles. The number of rotatable bonds is 2. The van der Waals surface area contributed by atoms with Crippen LogP contribution in [0, 0.1) is 0 Å². The SMILES string of the molecule is C[C@@H]1CN(C2CCN(c3nccc4ccccc34)CC2)C[C@H](C)O1. The zero-order valence-corrected chi connectivity index (χ0v) is 14.7. The van der Waals surface area contributed by atoms with Crippen LogP contribution in [0.15, 0.2) is 36.5 Å². The average Bonchev–Trinajstić information content (AvgIpc) is 2.60. The van der Waals surface area contributed by atoms with Crippen LogP contribution in [-0.4, -0.2) is 54.3 Å². The number of nitrogens with zero attached hydrogens (tertiary/aromatic N) is 3. The van der Waals surface area contributed by atoms with Gasteiger partial charge in [-0.2, -0.15) is 0 Å². The summed E-state index contributed by atoms with van der Waals surface area (Å²) >= 11 is 0. The lowest BCUT2D eigenvalue weighted by Crippen LogP contribution is -2.53. The summed E-state index contributed by atoms with van der Waals surface area (Å²) < 4.78 is 5.88. The molecule has 2 aliphatic heterocycles. The van der Waals surface area contributed by atoms with E-state index in [-0.39, 0.29) is 0 Å². The summed E-state index contributed by atoms with van der Waals surface area (Å²) in [6, 6.07) is 11.3. The van der Waals surface area contributed by atoms with Gasteiger partial charge in [0.25, 0.3) is 0 Å². The highest BCUT2D eigenvalue weighted by molar-refractivity contribution is 5.92. The maximum Gasteiger partial charge on any atom is 0.136 e. The van der Waals surface area contributed by atoms with Crippen molar-refractivity contribution in [2.45, 2.75) is 44.9 Å². The quantitative estimate of drug-likeness (QED) is 0.847. The fourth-order valence-corrected chi connectivity index (χ4v) is 4.31. The third kappa shape index (κ3) is 3.13. The molecule has 0 bridgehead atoms. The minimum absolute atomic E-state index is 0.353. The molecule has 0 N–H and O–H groups in total. The summed E-state index contributed by atoms with van der Waals surface area (Å²) in [5.74, 6) is 1.15. The molecular weight excluding hydrogens is 298 g/mol. The molecule has 0 radical (unpaired) electrons. The molecule has 0 amide bonds. The van der Waals surface area contributed by atoms with Crippen LogP contribution in [0.2, 0.25) is 0 Å². The highest BCUT2D eigenvalue weighted by atomic mass is 16.5. The summed E-state index contributed by atoms with van der Waals surface area (Å²) in [7, 11) is 0. The number of piperidine rings is 1. The zero-order chi connectivity index (χ0) is 16.5. The van der Waals surface area contributed by atoms with Crippen molar-refractivity contribution in [2.24, 2.45) is 0 Å². The normalized spacial score (nSPS) is 26.8. The van der Waals surface area contributed by atoms with E-state index in [2.05, 4.69) is 59.0 Å². The van der Waals surface area contributed by atoms with E-state index in [4.69, 9.17) is 4.74 Å². The van der Waals surface area contributed by atoms with Gasteiger partial charge in [-0.3, -0.25) is 4.90 Å². The van der Waals surface area contributed by atoms with Crippen molar-refractivity contribution in [3.05, 3.63) is 36.5 Å². The number of benzene rings is 1. The minimum Gasteiger partial charge on any atom is -0.373 e. The zero-order valence-electron chi connectivity index (χ0n) is 14.7. The number of ether oxygens (including phenoxy) is 1. The van der Waals surface area contributed by atoms with E-state index >= 15 is 0 Å². The first kappa shape index (κ1) is 15.9. The Balaban J connectivity index is 1.46. The number of aromatic nitrogens is 1. The van der Waals surface area contributed by atoms with Gasteiger partial charge in [-0.05, 0) is 38.1 Å². The molecule has 1 aromatic carbocycles. The third-order valence-corrected chi connectivity index (χ3v) is 5.38. The molecule has 2 saturated heterocycles. The van der Waals surface area contributed by atoms with Crippen LogP contribution in [0.25, 0.3) is 10.8 Å². The average molecular weight is 325 g/mol. The van der Waals surface area contributed by atoms with Crippen molar-refractivity contribution in [1.82, 2.24) is 9.88 Å². The molecule has 1 aromatic heterocycles. The van der Waals surface area contributed by atoms with Crippen LogP contribution in [0.1, 0.15) is 26.7 Å². The Kier molecular flexibility index (Phi) is 4.42. The Morgan fingerprint density at radius 2 is 1.71 bits per heavy atom. The Labute approximate surface area is 144 Å². The van der Waals surface area contributed by atoms with Crippen LogP contribution >= 0.6 is 0 Å². The van der Waals surface area contributed by atoms with Crippen molar-refractivity contribution in [3.63, 3.8) is 0 Å². The molecule has 2 fully saturated rings. The predicted molar refractivity (Wildman–Crippen MR) is 98.6 cm³/mol. The minimum atomic E-state index is 0.353. The Hall–Kier alpha value is -1.65. The standard InChI is InChI=1S/C20H27N3O/c1-15-13-23(14-16(2)24-15)18-8-11-22(12-9-18)20-19-6-4-3-5-17(19)7-10-21-20/h3-7,10,15-16,18H,8-9,11-14H2,1-2H3/t15-,16+. The second-order valence-electron chi connectivity index (χ2n) is 7.29. The fourth-order valence-electron chi connectivity index (χ4n) is 4.31. The molecule has 0 spiro atoms. The number of hydrogen-bond acceptors (Lipinski definition) is 4. The molecule has 3 heterocycles. The van der Waals surface area contributed by atoms with Gasteiger partial charge in [0.05, 0.1) is 12.2 Å². The maximum absolute atomic E-state index is 5.88. The molecule has 0 saturated carbocycles. The molecule has 4 rings (SSSR count). The van der Waals surface area contributed by atoms with Gasteiger partial charge in [-0.15, -0.1) is 0 Å². The van der Waals surface area contributed by atoms with Gasteiger partial charge in [0, 0.05) is 43.8 Å². The predicted octanol–water partition coefficient (Wildman–Crippen LogP) is 3.31. The first-order valence-electron chi connectivity index (χ1n) is 9.19. The molecule has 0 unspecified atom stereocenters. The van der Waals surface area contributed by atoms with Gasteiger partial charge in [-0.1, -0.05) is 24.3 Å². The molecule has 2 aromatic rings. The lowest BCUT2D eigenvalue weighted by Gasteiger charge is -2.43. The molecule has 128 valence electrons. The van der Waals surface area contributed by atoms with E-state index in [1.165, 1.54) is 23.6 Å². The van der Waals surface area contributed by atoms with E-state index in [9.17, 15) is 0 Å². The summed E-state index contributed by atoms with van der Waals surface area (Å²) in [5, 5.41) is 2.55. The Bertz CT molecular complexity index is 681. The molecule has 24 heavy (non-hydrogen) atoms. The van der Waals surface area contributed by atoms with Crippen LogP contribution in [0.4, 0.5) is 5.82 Å². The molecule has 4 nitrogen and oxygen atoms in total. The second kappa shape index (κ2) is 6.69. The topological polar surface area (TPSA) is 28.6 Å². The number of pyridine rings is 1. The Morgan fingerprint density at radius 1 is 1.00 bits per heavy atom. The first-order chi connectivity index (χ1) is 11.7. The van der Waals surface area contributed by atoms with Crippen molar-refractivity contribution < 1.29 is 4.74 Å². The van der Waals surface area contributed by atoms with E-state index < -0.39 is 0 Å². The van der Waals surface area contributed by atoms with Crippen LogP contribution in [0.3, 0.4) is 0 Å². The maximum atomic E-state index is 5.88. The third-order valence-electron chi connectivity index (χ3n) is 5.38. The number of hydrogen-bond donors (Lipinski definition) is 0. The van der Waals surface area contributed by atoms with Gasteiger partial charge in [0.15, 0.2) is 0 Å². The molecular formula is C20H27N3O. The van der Waals surface area contributed by atoms with Gasteiger partial charge in [0.2, 0.25) is 0 Å². The van der Waals surface area contributed by atoms with E-state index in [0.29, 0.717) is 18.2 Å². The van der Waals surface area contributed by atoms with E-state index in [0.717, 1.165) is 32.0 Å². The number of morpholine rings is 1. The summed E-state index contributed by atoms with van der Waals surface area (Å²) in [6.45, 7) is 8.70. The first-order valence-corrected chi connectivity index (χ1v) is 9.19.